The van der Waals surface area contributed by atoms with Crippen molar-refractivity contribution < 1.29 is 19.2 Å². The summed E-state index contributed by atoms with van der Waals surface area (Å²) in [5, 5.41) is 8.73. The second-order valence-electron chi connectivity index (χ2n) is 5.59. The first-order chi connectivity index (χ1) is 12.6. The molecule has 2 amide bonds. The minimum atomic E-state index is -0.931. The van der Waals surface area contributed by atoms with Gasteiger partial charge >= 0.3 is 5.97 Å². The molecule has 2 aromatic carbocycles. The van der Waals surface area contributed by atoms with E-state index in [-0.39, 0.29) is 16.8 Å². The molecule has 0 N–H and O–H groups in total. The quantitative estimate of drug-likeness (QED) is 0.672. The number of para-hydroxylation sites is 1. The Balaban J connectivity index is 1.59. The monoisotopic (exact) mass is 348 g/mol. The van der Waals surface area contributed by atoms with Crippen LogP contribution in [0.3, 0.4) is 0 Å². The van der Waals surface area contributed by atoms with Gasteiger partial charge in [-0.15, -0.1) is 5.10 Å². The molecule has 2 heterocycles. The van der Waals surface area contributed by atoms with Crippen LogP contribution >= 0.6 is 0 Å². The van der Waals surface area contributed by atoms with E-state index in [0.717, 1.165) is 0 Å². The minimum absolute atomic E-state index is 0.0783. The number of hydrogen-bond acceptors (Lipinski definition) is 6. The van der Waals surface area contributed by atoms with Crippen LogP contribution in [-0.4, -0.2) is 37.8 Å². The van der Waals surface area contributed by atoms with Gasteiger partial charge in [-0.3, -0.25) is 9.59 Å². The van der Waals surface area contributed by atoms with Gasteiger partial charge in [0.25, 0.3) is 11.8 Å². The number of aryl methyl sites for hydroxylation is 1. The largest absolute Gasteiger partial charge is 0.385 e. The predicted octanol–water partition coefficient (Wildman–Crippen LogP) is 1.94. The number of rotatable bonds is 3. The zero-order valence-electron chi connectivity index (χ0n) is 13.6. The molecule has 3 aromatic rings. The lowest BCUT2D eigenvalue weighted by atomic mass is 10.1. The predicted molar refractivity (Wildman–Crippen MR) is 88.5 cm³/mol. The first-order valence-corrected chi connectivity index (χ1v) is 7.76. The summed E-state index contributed by atoms with van der Waals surface area (Å²) < 4.78 is 0. The fraction of sp³-hybridized carbons (Fsp3) is 0.0556. The molecule has 128 valence electrons. The van der Waals surface area contributed by atoms with E-state index >= 15 is 0 Å². The smallest absolute Gasteiger partial charge is 0.322 e. The van der Waals surface area contributed by atoms with Gasteiger partial charge in [0.05, 0.1) is 22.5 Å². The third kappa shape index (κ3) is 2.44. The van der Waals surface area contributed by atoms with Crippen molar-refractivity contribution in [3.63, 3.8) is 0 Å². The fourth-order valence-electron chi connectivity index (χ4n) is 2.62. The highest BCUT2D eigenvalue weighted by molar-refractivity contribution is 6.21. The Morgan fingerprint density at radius 1 is 0.885 bits per heavy atom. The highest BCUT2D eigenvalue weighted by Gasteiger charge is 2.39. The van der Waals surface area contributed by atoms with Crippen LogP contribution in [0.1, 0.15) is 36.9 Å². The number of hydrogen-bond donors (Lipinski definition) is 0. The van der Waals surface area contributed by atoms with Crippen molar-refractivity contribution in [1.29, 1.82) is 0 Å². The molecule has 0 saturated carbocycles. The Morgan fingerprint density at radius 3 is 2.08 bits per heavy atom. The highest BCUT2D eigenvalue weighted by Crippen LogP contribution is 2.23. The van der Waals surface area contributed by atoms with Gasteiger partial charge in [-0.05, 0) is 31.2 Å². The van der Waals surface area contributed by atoms with E-state index in [2.05, 4.69) is 10.2 Å². The van der Waals surface area contributed by atoms with Crippen molar-refractivity contribution in [2.24, 2.45) is 0 Å². The first-order valence-electron chi connectivity index (χ1n) is 7.76. The Morgan fingerprint density at radius 2 is 1.46 bits per heavy atom. The molecule has 0 saturated heterocycles. The molecule has 1 aromatic heterocycles. The lowest BCUT2D eigenvalue weighted by molar-refractivity contribution is -0.0589. The van der Waals surface area contributed by atoms with E-state index in [1.54, 1.807) is 31.2 Å². The molecular weight excluding hydrogens is 336 g/mol. The summed E-state index contributed by atoms with van der Waals surface area (Å²) >= 11 is 0. The number of imide groups is 1. The van der Waals surface area contributed by atoms with Gasteiger partial charge in [0.15, 0.2) is 5.69 Å². The summed E-state index contributed by atoms with van der Waals surface area (Å²) in [4.78, 5) is 43.3. The average molecular weight is 348 g/mol. The maximum Gasteiger partial charge on any atom is 0.385 e. The van der Waals surface area contributed by atoms with Crippen molar-refractivity contribution >= 4 is 17.8 Å². The molecule has 8 heteroatoms. The molecule has 0 fully saturated rings. The molecule has 0 unspecified atom stereocenters. The molecule has 0 spiro atoms. The van der Waals surface area contributed by atoms with Crippen LogP contribution in [0.25, 0.3) is 5.69 Å². The van der Waals surface area contributed by atoms with Gasteiger partial charge in [-0.25, -0.2) is 4.79 Å². The van der Waals surface area contributed by atoms with Gasteiger partial charge in [0.1, 0.15) is 0 Å². The van der Waals surface area contributed by atoms with Crippen LogP contribution in [0.2, 0.25) is 0 Å². The van der Waals surface area contributed by atoms with Crippen molar-refractivity contribution in [2.75, 3.05) is 0 Å². The van der Waals surface area contributed by atoms with E-state index in [1.807, 2.05) is 18.2 Å². The zero-order valence-corrected chi connectivity index (χ0v) is 13.6. The van der Waals surface area contributed by atoms with E-state index in [0.29, 0.717) is 16.4 Å². The number of benzene rings is 2. The van der Waals surface area contributed by atoms with Crippen LogP contribution in [0.4, 0.5) is 0 Å². The molecule has 26 heavy (non-hydrogen) atoms. The van der Waals surface area contributed by atoms with E-state index < -0.39 is 17.8 Å². The summed E-state index contributed by atoms with van der Waals surface area (Å²) in [6, 6.07) is 15.3. The third-order valence-corrected chi connectivity index (χ3v) is 3.89. The van der Waals surface area contributed by atoms with E-state index in [1.165, 1.54) is 16.9 Å². The second-order valence-corrected chi connectivity index (χ2v) is 5.59. The molecule has 0 atom stereocenters. The summed E-state index contributed by atoms with van der Waals surface area (Å²) in [5.41, 5.74) is 1.28. The van der Waals surface area contributed by atoms with Crippen LogP contribution in [-0.2, 0) is 4.84 Å². The number of hydroxylamine groups is 2. The molecule has 0 aliphatic carbocycles. The zero-order chi connectivity index (χ0) is 18.3. The highest BCUT2D eigenvalue weighted by atomic mass is 16.7. The maximum absolute atomic E-state index is 12.4. The molecule has 0 radical (unpaired) electrons. The summed E-state index contributed by atoms with van der Waals surface area (Å²) in [5.74, 6) is -2.31. The minimum Gasteiger partial charge on any atom is -0.322 e. The third-order valence-electron chi connectivity index (χ3n) is 3.89. The van der Waals surface area contributed by atoms with Crippen molar-refractivity contribution in [3.8, 4) is 5.69 Å². The molecule has 1 aliphatic rings. The lowest BCUT2D eigenvalue weighted by Crippen LogP contribution is -2.33. The van der Waals surface area contributed by atoms with Crippen molar-refractivity contribution in [3.05, 3.63) is 77.1 Å². The lowest BCUT2D eigenvalue weighted by Gasteiger charge is -2.11. The van der Waals surface area contributed by atoms with Crippen LogP contribution < -0.4 is 0 Å². The average Bonchev–Trinajstić information content (AvgIpc) is 3.17. The van der Waals surface area contributed by atoms with Gasteiger partial charge < -0.3 is 4.84 Å². The fourth-order valence-corrected chi connectivity index (χ4v) is 2.62. The first kappa shape index (κ1) is 15.7. The number of amides is 2. The van der Waals surface area contributed by atoms with Crippen molar-refractivity contribution in [2.45, 2.75) is 6.92 Å². The summed E-state index contributed by atoms with van der Waals surface area (Å²) in [7, 11) is 0. The van der Waals surface area contributed by atoms with Gasteiger partial charge in [-0.1, -0.05) is 35.4 Å². The number of fused-ring (bicyclic) bond motifs is 1. The molecule has 0 bridgehead atoms. The van der Waals surface area contributed by atoms with Crippen LogP contribution in [0, 0.1) is 6.92 Å². The number of aromatic nitrogens is 3. The Hall–Kier alpha value is -3.81. The number of carbonyl (C=O) groups is 3. The normalized spacial score (nSPS) is 13.0. The maximum atomic E-state index is 12.4. The second kappa shape index (κ2) is 5.92. The molecule has 8 nitrogen and oxygen atoms in total. The van der Waals surface area contributed by atoms with E-state index in [9.17, 15) is 14.4 Å². The van der Waals surface area contributed by atoms with E-state index in [4.69, 9.17) is 4.84 Å². The van der Waals surface area contributed by atoms with Gasteiger partial charge in [0.2, 0.25) is 0 Å². The molecule has 1 aliphatic heterocycles. The molecular formula is C18H12N4O4. The van der Waals surface area contributed by atoms with Crippen LogP contribution in [0.15, 0.2) is 54.6 Å². The topological polar surface area (TPSA) is 94.4 Å². The van der Waals surface area contributed by atoms with Crippen LogP contribution in [0.5, 0.6) is 0 Å². The Labute approximate surface area is 147 Å². The Kier molecular flexibility index (Phi) is 3.58. The number of nitrogens with zero attached hydrogens (tertiary/aromatic N) is 4. The Bertz CT molecular complexity index is 1010. The summed E-state index contributed by atoms with van der Waals surface area (Å²) in [6.45, 7) is 1.59. The standard InChI is InChI=1S/C18H12N4O4/c1-11-15(20-22(19-11)12-7-3-2-4-8-12)18(25)26-21-16(23)13-9-5-6-10-14(13)17(21)24/h2-10H,1H3. The van der Waals surface area contributed by atoms with Crippen molar-refractivity contribution in [1.82, 2.24) is 20.1 Å². The SMILES string of the molecule is Cc1nn(-c2ccccc2)nc1C(=O)ON1C(=O)c2ccccc2C1=O. The number of carbonyl (C=O) groups excluding carboxylic acids is 3. The van der Waals surface area contributed by atoms with Gasteiger partial charge in [-0.2, -0.15) is 9.90 Å². The van der Waals surface area contributed by atoms with Gasteiger partial charge in [0, 0.05) is 0 Å². The molecule has 4 rings (SSSR count). The summed E-state index contributed by atoms with van der Waals surface area (Å²) in [6.07, 6.45) is 0.